The van der Waals surface area contributed by atoms with Crippen LogP contribution in [0.1, 0.15) is 86.6 Å². The fourth-order valence-electron chi connectivity index (χ4n) is 11.4. The van der Waals surface area contributed by atoms with Gasteiger partial charge in [-0.25, -0.2) is 4.39 Å². The van der Waals surface area contributed by atoms with E-state index in [0.717, 1.165) is 117 Å². The van der Waals surface area contributed by atoms with Gasteiger partial charge in [-0.05, 0) is 91.4 Å². The molecule has 0 aliphatic heterocycles. The number of hydrogen-bond acceptors (Lipinski definition) is 15. The van der Waals surface area contributed by atoms with Gasteiger partial charge in [0, 0.05) is 176 Å². The Morgan fingerprint density at radius 2 is 1.16 bits per heavy atom. The zero-order chi connectivity index (χ0) is 91.0. The zero-order valence-corrected chi connectivity index (χ0v) is 84.7. The first-order valence-electron chi connectivity index (χ1n) is 39.8. The number of anilines is 1. The van der Waals surface area contributed by atoms with Crippen LogP contribution in [0.4, 0.5) is 36.6 Å². The molecular weight excluding hydrogens is 2600 g/mol. The third-order valence-electron chi connectivity index (χ3n) is 18.2. The van der Waals surface area contributed by atoms with Gasteiger partial charge in [-0.3, -0.25) is 58.4 Å². The second-order valence-electron chi connectivity index (χ2n) is 28.7. The van der Waals surface area contributed by atoms with Crippen LogP contribution in [-0.4, -0.2) is 98.6 Å². The second-order valence-corrected chi connectivity index (χ2v) is 28.7. The molecule has 23 nitrogen and oxygen atoms in total. The summed E-state index contributed by atoms with van der Waals surface area (Å²) in [5, 5.41) is 22.4. The number of para-hydroxylation sites is 1. The zero-order valence-electron chi connectivity index (χ0n) is 72.9. The molecule has 0 unspecified atom stereocenters. The number of halogens is 7. The van der Waals surface area contributed by atoms with Crippen LogP contribution in [0.5, 0.6) is 0 Å². The molecule has 18 aromatic rings. The maximum absolute atomic E-state index is 13.8. The van der Waals surface area contributed by atoms with Gasteiger partial charge in [0.25, 0.3) is 0 Å². The van der Waals surface area contributed by atoms with Crippen LogP contribution in [0.25, 0.3) is 68.8 Å². The van der Waals surface area contributed by atoms with Gasteiger partial charge in [-0.2, -0.15) is 13.2 Å². The summed E-state index contributed by atoms with van der Waals surface area (Å²) in [5.74, 6) is 3.03. The molecule has 14 heterocycles. The quantitative estimate of drug-likeness (QED) is 0.0283. The Labute approximate surface area is 835 Å². The molecule has 18 rings (SSSR count). The summed E-state index contributed by atoms with van der Waals surface area (Å²) in [5.41, 5.74) is 8.09. The Balaban J connectivity index is 0.000000238. The number of allylic oxidation sites excluding steroid dienone is 1. The van der Waals surface area contributed by atoms with Crippen LogP contribution in [0.15, 0.2) is 293 Å². The third kappa shape index (κ3) is 33.0. The van der Waals surface area contributed by atoms with Crippen LogP contribution in [0.2, 0.25) is 0 Å². The van der Waals surface area contributed by atoms with E-state index in [2.05, 4.69) is 145 Å². The summed E-state index contributed by atoms with van der Waals surface area (Å²) >= 11 is 0. The Morgan fingerprint density at radius 1 is 0.564 bits per heavy atom. The average molecular weight is 2680 g/mol. The SMILES string of the molecule is CC(=N)C=[C-]Nc1cccc(C(C)(C)c2cccc(-n3[c-]cc(C(F)(F)F)n3)n2)n1.CC(C)CCc1c[c-]n(-c2ccccn2)n1.C[n+]1cc[n-]c1-c1[c-]cccc1.Cc1c[c-]n(-c2ccccn2)n1.Cc1cn(-c2ccccn2)[c-]n1.Cc1n[c-]n(-c2ccccn2)c1C.Fc1c[c-]c(-c2ccccn2)cc1F.Fc1c[c-]c(-c2nccn2-c2ccccc2)c(F)c1.[Ir+3].[Ir].[Ir].[Ir].[Pt+2]. The van der Waals surface area contributed by atoms with E-state index < -0.39 is 40.6 Å². The van der Waals surface area contributed by atoms with E-state index in [9.17, 15) is 30.7 Å². The second kappa shape index (κ2) is 54.4. The van der Waals surface area contributed by atoms with Crippen molar-refractivity contribution in [3.8, 4) is 68.8 Å². The molecule has 0 atom stereocenters. The topological polar surface area (TPSA) is 251 Å². The minimum atomic E-state index is -4.54. The van der Waals surface area contributed by atoms with Gasteiger partial charge in [-0.15, -0.1) is 102 Å². The standard InChI is InChI=1S/C21H19F3N6.C15H9F2N2.C13H16N3.C11H6F2N.C10H10N3.C10H9N2.2C9H8N3.4Ir.Pt/c1-14(25)10-12-26-18-8-4-6-15(27-18)20(2,3)16-7-5-9-19(28-16)30-13-11-17(29-30)21(22,23)24;16-11-6-7-13(14(17)10-11)15-18-8-9-19(15)12-4-2-1-3-5-12;1-11(2)6-7-12-8-10-16(15-12)13-5-3-4-9-14-13;12-9-5-4-8(7-10(9)13)11-3-1-2-6-14-11;1-8-9(2)13(7-12-8)10-5-3-4-6-11-10;1-12-8-7-11-10(12)9-5-3-2-4-6-9;1-8-5-7-12(11-8)9-4-2-3-6-10-9;1-8-6-12(7-11-8)9-4-2-3-5-10-9;;;;;/h4-11,25H,1-3H3,(H,26,27);1-6,8-10H;3-5,8-9,11H,6-7H2,1-2H3;1-3,5-7H;3-6H,1-2H3;2-5,7-8H,1H3;2*2-6H,1H3;;;;;/q-2;7*-1;;;;+3;+2. The average Bonchev–Trinajstić information content (AvgIpc) is 1.52. The van der Waals surface area contributed by atoms with Crippen LogP contribution in [-0.2, 0) is 127 Å². The molecule has 35 heteroatoms. The minimum absolute atomic E-state index is 0. The van der Waals surface area contributed by atoms with Crippen molar-refractivity contribution in [1.82, 2.24) is 97.9 Å². The van der Waals surface area contributed by atoms with Crippen molar-refractivity contribution in [2.75, 3.05) is 5.32 Å². The number of benzene rings is 4. The maximum Gasteiger partial charge on any atom is 3.00 e. The van der Waals surface area contributed by atoms with Gasteiger partial charge < -0.3 is 68.0 Å². The maximum atomic E-state index is 13.8. The van der Waals surface area contributed by atoms with E-state index in [0.29, 0.717) is 45.9 Å². The van der Waals surface area contributed by atoms with Gasteiger partial charge in [-0.1, -0.05) is 224 Å². The van der Waals surface area contributed by atoms with Gasteiger partial charge in [0.15, 0.2) is 0 Å². The first-order chi connectivity index (χ1) is 61.7. The summed E-state index contributed by atoms with van der Waals surface area (Å²) in [6.45, 7) is 17.7. The molecule has 691 valence electrons. The van der Waals surface area contributed by atoms with E-state index in [1.807, 2.05) is 222 Å². The molecule has 133 heavy (non-hydrogen) atoms. The van der Waals surface area contributed by atoms with Crippen molar-refractivity contribution in [2.24, 2.45) is 13.0 Å². The monoisotopic (exact) mass is 2680 g/mol. The summed E-state index contributed by atoms with van der Waals surface area (Å²) in [6, 6.07) is 72.8. The number of nitrogens with one attached hydrogen (secondary N) is 2. The Kier molecular flexibility index (Phi) is 44.7. The molecule has 3 radical (unpaired) electrons. The summed E-state index contributed by atoms with van der Waals surface area (Å²) in [6.07, 6.45) is 33.6. The van der Waals surface area contributed by atoms with Crippen molar-refractivity contribution in [2.45, 2.75) is 86.7 Å². The molecule has 0 amide bonds. The number of aromatic nitrogens is 21. The first kappa shape index (κ1) is 109. The summed E-state index contributed by atoms with van der Waals surface area (Å²) in [4.78, 5) is 46.2. The molecule has 0 bridgehead atoms. The van der Waals surface area contributed by atoms with E-state index in [1.54, 1.807) is 117 Å². The van der Waals surface area contributed by atoms with Crippen molar-refractivity contribution >= 4 is 11.5 Å². The molecule has 0 aliphatic rings. The number of imidazole rings is 4. The molecule has 0 fully saturated rings. The molecule has 14 aromatic heterocycles. The van der Waals surface area contributed by atoms with Gasteiger partial charge in [0.2, 0.25) is 0 Å². The number of aryl methyl sites for hydroxylation is 5. The molecule has 0 saturated carbocycles. The van der Waals surface area contributed by atoms with Crippen LogP contribution in [0, 0.1) is 118 Å². The number of pyridine rings is 7. The largest absolute Gasteiger partial charge is 3.00 e. The van der Waals surface area contributed by atoms with Crippen LogP contribution < -0.4 is 14.9 Å². The smallest absolute Gasteiger partial charge is 0.453 e. The van der Waals surface area contributed by atoms with E-state index >= 15 is 0 Å². The van der Waals surface area contributed by atoms with Crippen molar-refractivity contribution in [3.05, 3.63) is 417 Å². The first-order valence-corrected chi connectivity index (χ1v) is 39.8. The molecular formula is C98H85F7Ir4N23Pt-4. The predicted molar refractivity (Wildman–Crippen MR) is 471 cm³/mol. The number of nitrogens with zero attached hydrogens (tertiary/aromatic N) is 21. The minimum Gasteiger partial charge on any atom is -0.453 e. The number of rotatable bonds is 17. The van der Waals surface area contributed by atoms with Crippen LogP contribution >= 0.6 is 0 Å². The number of hydrogen-bond donors (Lipinski definition) is 2. The Morgan fingerprint density at radius 3 is 1.70 bits per heavy atom. The summed E-state index contributed by atoms with van der Waals surface area (Å²) < 4.78 is 102. The third-order valence-corrected chi connectivity index (χ3v) is 18.2. The predicted octanol–water partition coefficient (Wildman–Crippen LogP) is 19.0. The van der Waals surface area contributed by atoms with E-state index in [-0.39, 0.29) is 113 Å². The van der Waals surface area contributed by atoms with Crippen molar-refractivity contribution in [3.63, 3.8) is 0 Å². The molecule has 0 aliphatic carbocycles. The Bertz CT molecular complexity index is 6410. The normalized spacial score (nSPS) is 10.4. The van der Waals surface area contributed by atoms with Gasteiger partial charge in [0.05, 0.1) is 58.1 Å². The van der Waals surface area contributed by atoms with Gasteiger partial charge >= 0.3 is 47.3 Å². The molecule has 2 N–H and O–H groups in total. The van der Waals surface area contributed by atoms with Crippen molar-refractivity contribution in [1.29, 1.82) is 5.41 Å². The molecule has 0 saturated heterocycles. The van der Waals surface area contributed by atoms with Gasteiger partial charge in [0.1, 0.15) is 0 Å². The Hall–Kier alpha value is -12.6. The fraction of sp³-hybridized carbons (Fsp3) is 0.153. The summed E-state index contributed by atoms with van der Waals surface area (Å²) in [7, 11) is 1.98. The van der Waals surface area contributed by atoms with Crippen molar-refractivity contribution < 1.29 is 137 Å². The van der Waals surface area contributed by atoms with E-state index in [4.69, 9.17) is 5.41 Å². The fourth-order valence-corrected chi connectivity index (χ4v) is 11.4. The van der Waals surface area contributed by atoms with E-state index in [1.165, 1.54) is 6.08 Å². The number of alkyl halides is 3. The van der Waals surface area contributed by atoms with Crippen LogP contribution in [0.3, 0.4) is 0 Å². The molecule has 0 spiro atoms. The molecule has 4 aromatic carbocycles.